The molecule has 1 aromatic carbocycles. The molecule has 19 heavy (non-hydrogen) atoms. The van der Waals surface area contributed by atoms with E-state index in [-0.39, 0.29) is 18.7 Å². The molecule has 1 heterocycles. The lowest BCUT2D eigenvalue weighted by Crippen LogP contribution is -2.41. The predicted molar refractivity (Wildman–Crippen MR) is 69.9 cm³/mol. The number of likely N-dealkylation sites (tertiary alicyclic amines) is 1. The summed E-state index contributed by atoms with van der Waals surface area (Å²) in [5.74, 6) is -1.11. The summed E-state index contributed by atoms with van der Waals surface area (Å²) in [6.45, 7) is 1.11. The molecule has 1 aromatic rings. The third kappa shape index (κ3) is 3.86. The Labute approximate surface area is 118 Å². The highest BCUT2D eigenvalue weighted by Crippen LogP contribution is 2.34. The summed E-state index contributed by atoms with van der Waals surface area (Å²) in [5.41, 5.74) is 0.808. The highest BCUT2D eigenvalue weighted by Gasteiger charge is 2.41. The van der Waals surface area contributed by atoms with Crippen LogP contribution >= 0.6 is 15.9 Å². The Hall–Kier alpha value is -0.750. The molecule has 6 heteroatoms. The molecule has 1 atom stereocenters. The maximum atomic E-state index is 12.7. The van der Waals surface area contributed by atoms with Crippen LogP contribution in [0.15, 0.2) is 22.7 Å². The average Bonchev–Trinajstić information content (AvgIpc) is 2.33. The van der Waals surface area contributed by atoms with Gasteiger partial charge < -0.3 is 5.11 Å². The first-order valence-electron chi connectivity index (χ1n) is 6.12. The first kappa shape index (κ1) is 14.7. The minimum atomic E-state index is -4.12. The summed E-state index contributed by atoms with van der Waals surface area (Å²) in [6.07, 6.45) is -3.35. The van der Waals surface area contributed by atoms with Crippen molar-refractivity contribution in [1.29, 1.82) is 0 Å². The van der Waals surface area contributed by atoms with Crippen LogP contribution in [0.3, 0.4) is 0 Å². The molecule has 0 saturated carbocycles. The van der Waals surface area contributed by atoms with E-state index in [2.05, 4.69) is 15.9 Å². The van der Waals surface area contributed by atoms with E-state index in [1.54, 1.807) is 23.1 Å². The van der Waals surface area contributed by atoms with Crippen molar-refractivity contribution in [2.45, 2.75) is 25.6 Å². The molecule has 0 aliphatic carbocycles. The molecule has 0 bridgehead atoms. The van der Waals surface area contributed by atoms with Gasteiger partial charge >= 0.3 is 6.18 Å². The van der Waals surface area contributed by atoms with Crippen molar-refractivity contribution < 1.29 is 18.3 Å². The number of phenolic OH excluding ortho intramolecular Hbond substituents is 1. The predicted octanol–water partition coefficient (Wildman–Crippen LogP) is 3.93. The molecule has 0 amide bonds. The minimum absolute atomic E-state index is 0.0333. The summed E-state index contributed by atoms with van der Waals surface area (Å²) in [7, 11) is 0. The van der Waals surface area contributed by atoms with Crippen molar-refractivity contribution in [2.24, 2.45) is 5.92 Å². The largest absolute Gasteiger partial charge is 0.508 e. The second-order valence-corrected chi connectivity index (χ2v) is 5.75. The highest BCUT2D eigenvalue weighted by atomic mass is 79.9. The standard InChI is InChI=1S/C13H15BrF3NO/c14-12-4-3-11(19)6-9(12)7-18-5-1-2-10(8-18)13(15,16)17/h3-4,6,10,19H,1-2,5,7-8H2. The minimum Gasteiger partial charge on any atom is -0.508 e. The summed E-state index contributed by atoms with van der Waals surface area (Å²) in [5, 5.41) is 9.43. The van der Waals surface area contributed by atoms with Crippen molar-refractivity contribution in [3.05, 3.63) is 28.2 Å². The van der Waals surface area contributed by atoms with Crippen LogP contribution in [-0.4, -0.2) is 29.3 Å². The number of benzene rings is 1. The van der Waals surface area contributed by atoms with Gasteiger partial charge in [0.05, 0.1) is 5.92 Å². The Morgan fingerprint density at radius 2 is 2.11 bits per heavy atom. The summed E-state index contributed by atoms with van der Waals surface area (Å²) >= 11 is 3.35. The van der Waals surface area contributed by atoms with Gasteiger partial charge in [0.25, 0.3) is 0 Å². The van der Waals surface area contributed by atoms with E-state index < -0.39 is 12.1 Å². The third-order valence-corrected chi connectivity index (χ3v) is 4.17. The quantitative estimate of drug-likeness (QED) is 0.883. The summed E-state index contributed by atoms with van der Waals surface area (Å²) < 4.78 is 39.0. The number of alkyl halides is 3. The Morgan fingerprint density at radius 3 is 2.79 bits per heavy atom. The molecule has 1 aliphatic heterocycles. The van der Waals surface area contributed by atoms with Gasteiger partial charge in [0, 0.05) is 17.6 Å². The number of piperidine rings is 1. The number of nitrogens with zero attached hydrogens (tertiary/aromatic N) is 1. The Balaban J connectivity index is 2.05. The van der Waals surface area contributed by atoms with E-state index in [1.807, 2.05) is 0 Å². The molecule has 0 aromatic heterocycles. The summed E-state index contributed by atoms with van der Waals surface area (Å²) in [4.78, 5) is 1.79. The molecule has 0 spiro atoms. The van der Waals surface area contributed by atoms with Gasteiger partial charge in [-0.05, 0) is 43.1 Å². The van der Waals surface area contributed by atoms with Crippen LogP contribution in [0.4, 0.5) is 13.2 Å². The average molecular weight is 338 g/mol. The van der Waals surface area contributed by atoms with Crippen molar-refractivity contribution in [1.82, 2.24) is 4.90 Å². The number of hydrogen-bond acceptors (Lipinski definition) is 2. The maximum absolute atomic E-state index is 12.7. The normalized spacial score (nSPS) is 21.6. The number of halogens is 4. The van der Waals surface area contributed by atoms with Crippen LogP contribution in [0.25, 0.3) is 0 Å². The van der Waals surface area contributed by atoms with Crippen molar-refractivity contribution in [2.75, 3.05) is 13.1 Å². The molecule has 1 fully saturated rings. The second-order valence-electron chi connectivity index (χ2n) is 4.89. The van der Waals surface area contributed by atoms with Gasteiger partial charge in [0.15, 0.2) is 0 Å². The lowest BCUT2D eigenvalue weighted by Gasteiger charge is -2.33. The van der Waals surface area contributed by atoms with Crippen LogP contribution < -0.4 is 0 Å². The van der Waals surface area contributed by atoms with E-state index in [1.165, 1.54) is 0 Å². The Kier molecular flexibility index (Phi) is 4.40. The zero-order valence-electron chi connectivity index (χ0n) is 10.3. The lowest BCUT2D eigenvalue weighted by atomic mass is 9.97. The molecule has 1 unspecified atom stereocenters. The Bertz CT molecular complexity index is 450. The Morgan fingerprint density at radius 1 is 1.37 bits per heavy atom. The van der Waals surface area contributed by atoms with Crippen LogP contribution in [0.2, 0.25) is 0 Å². The number of aromatic hydroxyl groups is 1. The van der Waals surface area contributed by atoms with Gasteiger partial charge in [-0.15, -0.1) is 0 Å². The SMILES string of the molecule is Oc1ccc(Br)c(CN2CCCC(C(F)(F)F)C2)c1. The van der Waals surface area contributed by atoms with Crippen molar-refractivity contribution in [3.8, 4) is 5.75 Å². The zero-order valence-corrected chi connectivity index (χ0v) is 11.8. The fraction of sp³-hybridized carbons (Fsp3) is 0.538. The summed E-state index contributed by atoms with van der Waals surface area (Å²) in [6, 6.07) is 4.83. The van der Waals surface area contributed by atoms with E-state index in [9.17, 15) is 18.3 Å². The number of rotatable bonds is 2. The first-order valence-corrected chi connectivity index (χ1v) is 6.92. The van der Waals surface area contributed by atoms with E-state index in [0.29, 0.717) is 19.5 Å². The van der Waals surface area contributed by atoms with Gasteiger partial charge in [-0.25, -0.2) is 0 Å². The van der Waals surface area contributed by atoms with Crippen LogP contribution in [-0.2, 0) is 6.54 Å². The van der Waals surface area contributed by atoms with Gasteiger partial charge in [-0.3, -0.25) is 4.90 Å². The third-order valence-electron chi connectivity index (χ3n) is 3.39. The zero-order chi connectivity index (χ0) is 14.0. The molecule has 106 valence electrons. The lowest BCUT2D eigenvalue weighted by molar-refractivity contribution is -0.187. The van der Waals surface area contributed by atoms with Crippen LogP contribution in [0.1, 0.15) is 18.4 Å². The fourth-order valence-corrected chi connectivity index (χ4v) is 2.76. The number of phenols is 1. The molecule has 1 saturated heterocycles. The molecule has 2 nitrogen and oxygen atoms in total. The van der Waals surface area contributed by atoms with E-state index >= 15 is 0 Å². The monoisotopic (exact) mass is 337 g/mol. The van der Waals surface area contributed by atoms with Crippen molar-refractivity contribution >= 4 is 15.9 Å². The van der Waals surface area contributed by atoms with Gasteiger partial charge in [0.2, 0.25) is 0 Å². The first-order chi connectivity index (χ1) is 8.86. The van der Waals surface area contributed by atoms with Crippen LogP contribution in [0, 0.1) is 5.92 Å². The molecule has 0 radical (unpaired) electrons. The van der Waals surface area contributed by atoms with Gasteiger partial charge in [0.1, 0.15) is 5.75 Å². The number of hydrogen-bond donors (Lipinski definition) is 1. The molecule has 2 rings (SSSR count). The molecular formula is C13H15BrF3NO. The molecular weight excluding hydrogens is 323 g/mol. The van der Waals surface area contributed by atoms with E-state index in [4.69, 9.17) is 0 Å². The smallest absolute Gasteiger partial charge is 0.393 e. The maximum Gasteiger partial charge on any atom is 0.393 e. The molecule has 1 aliphatic rings. The molecule has 1 N–H and O–H groups in total. The van der Waals surface area contributed by atoms with Crippen LogP contribution in [0.5, 0.6) is 5.75 Å². The van der Waals surface area contributed by atoms with Gasteiger partial charge in [-0.2, -0.15) is 13.2 Å². The van der Waals surface area contributed by atoms with Crippen molar-refractivity contribution in [3.63, 3.8) is 0 Å². The van der Waals surface area contributed by atoms with E-state index in [0.717, 1.165) is 10.0 Å². The second kappa shape index (κ2) is 5.71. The fourth-order valence-electron chi connectivity index (χ4n) is 2.39. The van der Waals surface area contributed by atoms with Gasteiger partial charge in [-0.1, -0.05) is 15.9 Å². The topological polar surface area (TPSA) is 23.5 Å². The highest BCUT2D eigenvalue weighted by molar-refractivity contribution is 9.10.